The molecule has 10 heteroatoms. The SMILES string of the molecule is CN(CCNC(=O)c1csc(Nc2nccc([C@@H]3CCCN(CC#N)C3)n2)n1)C1CCCC1. The quantitative estimate of drug-likeness (QED) is 0.541. The van der Waals surface area contributed by atoms with Crippen LogP contribution in [0.5, 0.6) is 0 Å². The first-order chi connectivity index (χ1) is 16.1. The third kappa shape index (κ3) is 6.47. The number of nitriles is 1. The van der Waals surface area contributed by atoms with Gasteiger partial charge in [-0.15, -0.1) is 11.3 Å². The molecule has 3 heterocycles. The van der Waals surface area contributed by atoms with E-state index in [4.69, 9.17) is 5.26 Å². The normalized spacial score (nSPS) is 19.5. The summed E-state index contributed by atoms with van der Waals surface area (Å²) >= 11 is 1.36. The fourth-order valence-electron chi connectivity index (χ4n) is 4.70. The summed E-state index contributed by atoms with van der Waals surface area (Å²) in [5.74, 6) is 0.605. The Labute approximate surface area is 199 Å². The first-order valence-corrected chi connectivity index (χ1v) is 12.6. The monoisotopic (exact) mass is 468 g/mol. The van der Waals surface area contributed by atoms with E-state index in [2.05, 4.69) is 48.5 Å². The van der Waals surface area contributed by atoms with Gasteiger partial charge < -0.3 is 15.5 Å². The second-order valence-electron chi connectivity index (χ2n) is 8.88. The number of thiazole rings is 1. The number of carbonyl (C=O) groups excluding carboxylic acids is 1. The fraction of sp³-hybridized carbons (Fsp3) is 0.609. The van der Waals surface area contributed by atoms with Crippen molar-refractivity contribution in [3.8, 4) is 6.07 Å². The average molecular weight is 469 g/mol. The van der Waals surface area contributed by atoms with Gasteiger partial charge in [0, 0.05) is 43.2 Å². The van der Waals surface area contributed by atoms with Crippen LogP contribution in [-0.4, -0.2) is 76.5 Å². The standard InChI is InChI=1S/C23H32N8OS/c1-30(18-6-2-3-7-18)14-11-25-21(32)20-16-33-23(28-20)29-22-26-10-8-19(27-22)17-5-4-12-31(15-17)13-9-24/h8,10,16-18H,2-7,11-15H2,1H3,(H,25,32)(H,26,27,28,29)/t17-/m1/s1. The zero-order valence-corrected chi connectivity index (χ0v) is 20.0. The van der Waals surface area contributed by atoms with Crippen LogP contribution in [-0.2, 0) is 0 Å². The van der Waals surface area contributed by atoms with Crippen LogP contribution in [0.2, 0.25) is 0 Å². The first-order valence-electron chi connectivity index (χ1n) is 11.8. The summed E-state index contributed by atoms with van der Waals surface area (Å²) in [7, 11) is 2.13. The molecule has 0 aromatic carbocycles. The summed E-state index contributed by atoms with van der Waals surface area (Å²) in [5, 5.41) is 17.4. The molecule has 1 amide bonds. The Balaban J connectivity index is 1.29. The number of carbonyl (C=O) groups is 1. The van der Waals surface area contributed by atoms with Gasteiger partial charge >= 0.3 is 0 Å². The molecule has 2 fully saturated rings. The summed E-state index contributed by atoms with van der Waals surface area (Å²) in [6, 6.07) is 4.82. The van der Waals surface area contributed by atoms with Crippen LogP contribution in [0.4, 0.5) is 11.1 Å². The van der Waals surface area contributed by atoms with E-state index in [9.17, 15) is 4.79 Å². The molecule has 2 aromatic heterocycles. The predicted octanol–water partition coefficient (Wildman–Crippen LogP) is 2.98. The minimum Gasteiger partial charge on any atom is -0.349 e. The van der Waals surface area contributed by atoms with E-state index in [1.165, 1.54) is 37.0 Å². The number of nitrogens with one attached hydrogen (secondary N) is 2. The summed E-state index contributed by atoms with van der Waals surface area (Å²) in [4.78, 5) is 30.4. The molecule has 33 heavy (non-hydrogen) atoms. The van der Waals surface area contributed by atoms with Crippen LogP contribution in [0.15, 0.2) is 17.6 Å². The highest BCUT2D eigenvalue weighted by Crippen LogP contribution is 2.27. The molecular weight excluding hydrogens is 436 g/mol. The molecule has 4 rings (SSSR count). The highest BCUT2D eigenvalue weighted by Gasteiger charge is 2.23. The molecule has 2 aliphatic rings. The number of likely N-dealkylation sites (N-methyl/N-ethyl adjacent to an activating group) is 1. The molecule has 0 spiro atoms. The Bertz CT molecular complexity index is 967. The molecule has 1 aliphatic carbocycles. The van der Waals surface area contributed by atoms with Gasteiger partial charge in [-0.25, -0.2) is 15.0 Å². The number of piperidine rings is 1. The number of anilines is 2. The molecule has 2 N–H and O–H groups in total. The second kappa shape index (κ2) is 11.5. The number of likely N-dealkylation sites (tertiary alicyclic amines) is 1. The second-order valence-corrected chi connectivity index (χ2v) is 9.73. The lowest BCUT2D eigenvalue weighted by Crippen LogP contribution is -2.37. The average Bonchev–Trinajstić information content (AvgIpc) is 3.52. The molecule has 1 atom stereocenters. The highest BCUT2D eigenvalue weighted by molar-refractivity contribution is 7.14. The van der Waals surface area contributed by atoms with E-state index in [0.29, 0.717) is 35.9 Å². The maximum atomic E-state index is 12.5. The van der Waals surface area contributed by atoms with Crippen molar-refractivity contribution >= 4 is 28.3 Å². The van der Waals surface area contributed by atoms with Gasteiger partial charge in [0.1, 0.15) is 5.69 Å². The maximum Gasteiger partial charge on any atom is 0.270 e. The summed E-state index contributed by atoms with van der Waals surface area (Å²) in [5.41, 5.74) is 1.37. The van der Waals surface area contributed by atoms with Crippen molar-refractivity contribution in [1.82, 2.24) is 30.1 Å². The van der Waals surface area contributed by atoms with Gasteiger partial charge in [0.25, 0.3) is 5.91 Å². The molecule has 176 valence electrons. The number of rotatable bonds is 9. The van der Waals surface area contributed by atoms with Crippen molar-refractivity contribution in [2.45, 2.75) is 50.5 Å². The van der Waals surface area contributed by atoms with Gasteiger partial charge in [-0.1, -0.05) is 12.8 Å². The van der Waals surface area contributed by atoms with E-state index in [1.807, 2.05) is 6.07 Å². The van der Waals surface area contributed by atoms with Crippen molar-refractivity contribution in [1.29, 1.82) is 5.26 Å². The van der Waals surface area contributed by atoms with Crippen LogP contribution < -0.4 is 10.6 Å². The summed E-state index contributed by atoms with van der Waals surface area (Å²) < 4.78 is 0. The number of aromatic nitrogens is 3. The van der Waals surface area contributed by atoms with Crippen LogP contribution in [0, 0.1) is 11.3 Å². The highest BCUT2D eigenvalue weighted by atomic mass is 32.1. The minimum atomic E-state index is -0.159. The maximum absolute atomic E-state index is 12.5. The number of hydrogen-bond donors (Lipinski definition) is 2. The van der Waals surface area contributed by atoms with Crippen LogP contribution in [0.25, 0.3) is 0 Å². The van der Waals surface area contributed by atoms with Gasteiger partial charge in [0.2, 0.25) is 5.95 Å². The Morgan fingerprint density at radius 3 is 2.97 bits per heavy atom. The molecule has 9 nitrogen and oxygen atoms in total. The van der Waals surface area contributed by atoms with Crippen LogP contribution >= 0.6 is 11.3 Å². The molecule has 1 saturated heterocycles. The zero-order valence-electron chi connectivity index (χ0n) is 19.2. The van der Waals surface area contributed by atoms with E-state index >= 15 is 0 Å². The third-order valence-electron chi connectivity index (χ3n) is 6.55. The van der Waals surface area contributed by atoms with Gasteiger partial charge in [-0.2, -0.15) is 5.26 Å². The van der Waals surface area contributed by atoms with Gasteiger partial charge in [0.15, 0.2) is 5.13 Å². The van der Waals surface area contributed by atoms with Crippen molar-refractivity contribution in [2.75, 3.05) is 45.1 Å². The van der Waals surface area contributed by atoms with Crippen molar-refractivity contribution in [2.24, 2.45) is 0 Å². The molecule has 0 unspecified atom stereocenters. The molecule has 2 aromatic rings. The van der Waals surface area contributed by atoms with E-state index < -0.39 is 0 Å². The topological polar surface area (TPSA) is 110 Å². The summed E-state index contributed by atoms with van der Waals surface area (Å²) in [6.07, 6.45) is 8.99. The molecule has 0 radical (unpaired) electrons. The first kappa shape index (κ1) is 23.5. The van der Waals surface area contributed by atoms with Gasteiger partial charge in [-0.3, -0.25) is 9.69 Å². The summed E-state index contributed by atoms with van der Waals surface area (Å²) in [6.45, 7) is 3.71. The Hall–Kier alpha value is -2.61. The van der Waals surface area contributed by atoms with Crippen molar-refractivity contribution in [3.63, 3.8) is 0 Å². The van der Waals surface area contributed by atoms with Crippen molar-refractivity contribution in [3.05, 3.63) is 29.0 Å². The minimum absolute atomic E-state index is 0.159. The molecule has 1 saturated carbocycles. The third-order valence-corrected chi connectivity index (χ3v) is 7.31. The number of hydrogen-bond acceptors (Lipinski definition) is 9. The number of amides is 1. The lowest BCUT2D eigenvalue weighted by atomic mass is 9.94. The molecule has 1 aliphatic heterocycles. The Morgan fingerprint density at radius 2 is 2.15 bits per heavy atom. The Morgan fingerprint density at radius 1 is 1.30 bits per heavy atom. The largest absolute Gasteiger partial charge is 0.349 e. The predicted molar refractivity (Wildman–Crippen MR) is 129 cm³/mol. The van der Waals surface area contributed by atoms with E-state index in [0.717, 1.165) is 38.2 Å². The van der Waals surface area contributed by atoms with Gasteiger partial charge in [0.05, 0.1) is 18.3 Å². The fourth-order valence-corrected chi connectivity index (χ4v) is 5.38. The zero-order chi connectivity index (χ0) is 23.0. The smallest absolute Gasteiger partial charge is 0.270 e. The van der Waals surface area contributed by atoms with Gasteiger partial charge in [-0.05, 0) is 45.3 Å². The number of nitrogens with zero attached hydrogens (tertiary/aromatic N) is 6. The lowest BCUT2D eigenvalue weighted by molar-refractivity contribution is 0.0943. The molecule has 0 bridgehead atoms. The van der Waals surface area contributed by atoms with E-state index in [1.54, 1.807) is 11.6 Å². The Kier molecular flexibility index (Phi) is 8.20. The van der Waals surface area contributed by atoms with Crippen molar-refractivity contribution < 1.29 is 4.79 Å². The molecular formula is C23H32N8OS. The van der Waals surface area contributed by atoms with Crippen LogP contribution in [0.3, 0.4) is 0 Å². The van der Waals surface area contributed by atoms with Crippen LogP contribution in [0.1, 0.15) is 60.6 Å². The van der Waals surface area contributed by atoms with E-state index in [-0.39, 0.29) is 11.8 Å². The lowest BCUT2D eigenvalue weighted by Gasteiger charge is -2.30.